The van der Waals surface area contributed by atoms with Gasteiger partial charge in [-0.3, -0.25) is 4.79 Å². The molecule has 0 fully saturated rings. The smallest absolute Gasteiger partial charge is 0.355 e. The van der Waals surface area contributed by atoms with E-state index in [2.05, 4.69) is 20.4 Å². The molecule has 146 valence electrons. The monoisotopic (exact) mass is 362 g/mol. The van der Waals surface area contributed by atoms with Crippen molar-refractivity contribution in [3.05, 3.63) is 35.2 Å². The molecular formula is C21H34N2O3. The number of amides is 1. The fourth-order valence-corrected chi connectivity index (χ4v) is 3.20. The van der Waals surface area contributed by atoms with Gasteiger partial charge in [-0.1, -0.05) is 32.8 Å². The highest BCUT2D eigenvalue weighted by Gasteiger charge is 2.29. The second-order valence-corrected chi connectivity index (χ2v) is 6.55. The van der Waals surface area contributed by atoms with Crippen LogP contribution in [0, 0.1) is 13.8 Å². The molecule has 0 aliphatic carbocycles. The summed E-state index contributed by atoms with van der Waals surface area (Å²) in [5, 5.41) is 0. The Morgan fingerprint density at radius 3 is 2.15 bits per heavy atom. The summed E-state index contributed by atoms with van der Waals surface area (Å²) in [6.07, 6.45) is 5.77. The van der Waals surface area contributed by atoms with E-state index in [0.29, 0.717) is 30.0 Å². The number of hydrogen-bond donors (Lipinski definition) is 0. The average Bonchev–Trinajstić information content (AvgIpc) is 2.85. The van der Waals surface area contributed by atoms with Gasteiger partial charge in [0.15, 0.2) is 0 Å². The van der Waals surface area contributed by atoms with Crippen LogP contribution in [-0.4, -0.2) is 41.0 Å². The van der Waals surface area contributed by atoms with E-state index in [1.807, 2.05) is 23.3 Å². The van der Waals surface area contributed by atoms with Crippen molar-refractivity contribution >= 4 is 11.9 Å². The van der Waals surface area contributed by atoms with Crippen molar-refractivity contribution in [1.29, 1.82) is 0 Å². The first kappa shape index (κ1) is 22.0. The molecule has 1 aromatic heterocycles. The first-order valence-corrected chi connectivity index (χ1v) is 9.71. The lowest BCUT2D eigenvalue weighted by molar-refractivity contribution is 0.0513. The van der Waals surface area contributed by atoms with Crippen LogP contribution in [0.1, 0.15) is 78.6 Å². The first-order valence-electron chi connectivity index (χ1n) is 9.71. The molecule has 0 aromatic carbocycles. The van der Waals surface area contributed by atoms with E-state index >= 15 is 0 Å². The van der Waals surface area contributed by atoms with Crippen LogP contribution in [0.4, 0.5) is 0 Å². The summed E-state index contributed by atoms with van der Waals surface area (Å²) in [4.78, 5) is 27.7. The number of carbonyl (C=O) groups excluding carboxylic acids is 2. The highest BCUT2D eigenvalue weighted by Crippen LogP contribution is 2.25. The lowest BCUT2D eigenvalue weighted by Gasteiger charge is -2.23. The van der Waals surface area contributed by atoms with Crippen LogP contribution in [0.3, 0.4) is 0 Å². The van der Waals surface area contributed by atoms with Gasteiger partial charge in [-0.05, 0) is 39.2 Å². The largest absolute Gasteiger partial charge is 0.461 e. The number of carbonyl (C=O) groups is 2. The topological polar surface area (TPSA) is 51.5 Å². The van der Waals surface area contributed by atoms with Crippen molar-refractivity contribution in [3.63, 3.8) is 0 Å². The SMILES string of the molecule is C=CCn1c(C)c(C(=O)N(CCCC)CCCC)c(C)c1C(=O)OCC. The Hall–Kier alpha value is -2.04. The zero-order valence-electron chi connectivity index (χ0n) is 17.1. The maximum Gasteiger partial charge on any atom is 0.355 e. The molecule has 0 bridgehead atoms. The second-order valence-electron chi connectivity index (χ2n) is 6.55. The Morgan fingerprint density at radius 2 is 1.69 bits per heavy atom. The summed E-state index contributed by atoms with van der Waals surface area (Å²) >= 11 is 0. The summed E-state index contributed by atoms with van der Waals surface area (Å²) in [6, 6.07) is 0. The molecule has 5 nitrogen and oxygen atoms in total. The number of nitrogens with zero attached hydrogens (tertiary/aromatic N) is 2. The Balaban J connectivity index is 3.35. The predicted molar refractivity (Wildman–Crippen MR) is 106 cm³/mol. The van der Waals surface area contributed by atoms with Crippen molar-refractivity contribution in [3.8, 4) is 0 Å². The minimum Gasteiger partial charge on any atom is -0.461 e. The number of allylic oxidation sites excluding steroid dienone is 1. The summed E-state index contributed by atoms with van der Waals surface area (Å²) in [5.74, 6) is -0.377. The second kappa shape index (κ2) is 10.8. The van der Waals surface area contributed by atoms with E-state index < -0.39 is 0 Å². The molecule has 0 spiro atoms. The van der Waals surface area contributed by atoms with Gasteiger partial charge in [0.2, 0.25) is 0 Å². The molecule has 1 heterocycles. The third-order valence-electron chi connectivity index (χ3n) is 4.61. The van der Waals surface area contributed by atoms with Gasteiger partial charge in [-0.2, -0.15) is 0 Å². The molecule has 26 heavy (non-hydrogen) atoms. The lowest BCUT2D eigenvalue weighted by atomic mass is 10.1. The maximum absolute atomic E-state index is 13.3. The lowest BCUT2D eigenvalue weighted by Crippen LogP contribution is -2.33. The molecule has 0 unspecified atom stereocenters. The molecule has 0 saturated carbocycles. The summed E-state index contributed by atoms with van der Waals surface area (Å²) < 4.78 is 7.05. The first-order chi connectivity index (χ1) is 12.4. The molecule has 1 rings (SSSR count). The van der Waals surface area contributed by atoms with Gasteiger partial charge in [0.1, 0.15) is 5.69 Å². The Kier molecular flexibility index (Phi) is 9.17. The number of aromatic nitrogens is 1. The van der Waals surface area contributed by atoms with Crippen molar-refractivity contribution in [1.82, 2.24) is 9.47 Å². The van der Waals surface area contributed by atoms with Crippen molar-refractivity contribution in [2.45, 2.75) is 66.8 Å². The number of unbranched alkanes of at least 4 members (excludes halogenated alkanes) is 2. The predicted octanol–water partition coefficient (Wildman–Crippen LogP) is 4.51. The van der Waals surface area contributed by atoms with Gasteiger partial charge in [0.05, 0.1) is 12.2 Å². The normalized spacial score (nSPS) is 10.7. The van der Waals surface area contributed by atoms with E-state index in [1.54, 1.807) is 13.0 Å². The Morgan fingerprint density at radius 1 is 1.12 bits per heavy atom. The van der Waals surface area contributed by atoms with Crippen LogP contribution in [0.2, 0.25) is 0 Å². The van der Waals surface area contributed by atoms with Crippen molar-refractivity contribution in [2.75, 3.05) is 19.7 Å². The summed E-state index contributed by atoms with van der Waals surface area (Å²) in [5.41, 5.74) is 2.58. The molecule has 0 N–H and O–H groups in total. The van der Waals surface area contributed by atoms with Gasteiger partial charge in [-0.15, -0.1) is 6.58 Å². The molecule has 0 atom stereocenters. The van der Waals surface area contributed by atoms with Gasteiger partial charge in [0.25, 0.3) is 5.91 Å². The van der Waals surface area contributed by atoms with Crippen molar-refractivity contribution < 1.29 is 14.3 Å². The fourth-order valence-electron chi connectivity index (χ4n) is 3.20. The summed E-state index contributed by atoms with van der Waals surface area (Å²) in [6.45, 7) is 15.8. The van der Waals surface area contributed by atoms with Gasteiger partial charge in [0, 0.05) is 25.3 Å². The van der Waals surface area contributed by atoms with E-state index in [-0.39, 0.29) is 11.9 Å². The molecule has 1 aromatic rings. The van der Waals surface area contributed by atoms with E-state index in [0.717, 1.165) is 44.5 Å². The molecule has 0 aliphatic rings. The molecule has 0 aliphatic heterocycles. The fraction of sp³-hybridized carbons (Fsp3) is 0.619. The number of rotatable bonds is 11. The van der Waals surface area contributed by atoms with E-state index in [1.165, 1.54) is 0 Å². The van der Waals surface area contributed by atoms with E-state index in [4.69, 9.17) is 4.74 Å². The standard InChI is InChI=1S/C21H34N2O3/c1-7-11-14-22(15-12-8-2)20(24)18-16(5)19(21(25)26-10-4)23(13-9-3)17(18)6/h9H,3,7-8,10-15H2,1-2,4-6H3. The van der Waals surface area contributed by atoms with E-state index in [9.17, 15) is 9.59 Å². The molecule has 1 amide bonds. The molecule has 0 radical (unpaired) electrons. The van der Waals surface area contributed by atoms with Crippen LogP contribution < -0.4 is 0 Å². The highest BCUT2D eigenvalue weighted by molar-refractivity contribution is 6.01. The Bertz CT molecular complexity index is 624. The summed E-state index contributed by atoms with van der Waals surface area (Å²) in [7, 11) is 0. The van der Waals surface area contributed by atoms with Crippen molar-refractivity contribution in [2.24, 2.45) is 0 Å². The molecule has 5 heteroatoms. The minimum atomic E-state index is -0.386. The maximum atomic E-state index is 13.3. The zero-order chi connectivity index (χ0) is 19.7. The van der Waals surface area contributed by atoms with Crippen LogP contribution in [0.15, 0.2) is 12.7 Å². The average molecular weight is 363 g/mol. The van der Waals surface area contributed by atoms with Crippen LogP contribution in [-0.2, 0) is 11.3 Å². The number of esters is 1. The van der Waals surface area contributed by atoms with Gasteiger partial charge in [-0.25, -0.2) is 4.79 Å². The molecular weight excluding hydrogens is 328 g/mol. The van der Waals surface area contributed by atoms with Crippen LogP contribution >= 0.6 is 0 Å². The molecule has 0 saturated heterocycles. The third kappa shape index (κ3) is 4.99. The van der Waals surface area contributed by atoms with Crippen LogP contribution in [0.25, 0.3) is 0 Å². The zero-order valence-corrected chi connectivity index (χ0v) is 17.1. The third-order valence-corrected chi connectivity index (χ3v) is 4.61. The van der Waals surface area contributed by atoms with Gasteiger partial charge < -0.3 is 14.2 Å². The highest BCUT2D eigenvalue weighted by atomic mass is 16.5. The quantitative estimate of drug-likeness (QED) is 0.430. The minimum absolute atomic E-state index is 0.00950. The van der Waals surface area contributed by atoms with Crippen LogP contribution in [0.5, 0.6) is 0 Å². The van der Waals surface area contributed by atoms with Gasteiger partial charge >= 0.3 is 5.97 Å². The number of hydrogen-bond acceptors (Lipinski definition) is 3. The number of ether oxygens (including phenoxy) is 1. The Labute approximate surface area is 158 Å².